The maximum atomic E-state index is 13.3. The maximum Gasteiger partial charge on any atom is 0.243 e. The van der Waals surface area contributed by atoms with E-state index >= 15 is 0 Å². The first kappa shape index (κ1) is 25.6. The lowest BCUT2D eigenvalue weighted by atomic mass is 10.1. The third kappa shape index (κ3) is 7.74. The lowest BCUT2D eigenvalue weighted by Crippen LogP contribution is -2.51. The van der Waals surface area contributed by atoms with Crippen LogP contribution >= 0.6 is 35.0 Å². The first-order valence-electron chi connectivity index (χ1n) is 10.5. The number of carbonyl (C=O) groups is 2. The van der Waals surface area contributed by atoms with Crippen LogP contribution in [0.2, 0.25) is 10.0 Å². The van der Waals surface area contributed by atoms with Gasteiger partial charge >= 0.3 is 0 Å². The van der Waals surface area contributed by atoms with Crippen LogP contribution in [0.4, 0.5) is 0 Å². The Kier molecular flexibility index (Phi) is 10.7. The average molecular weight is 481 g/mol. The highest BCUT2D eigenvalue weighted by Gasteiger charge is 2.30. The second-order valence-corrected chi connectivity index (χ2v) is 9.24. The van der Waals surface area contributed by atoms with Crippen molar-refractivity contribution in [1.82, 2.24) is 10.2 Å². The quantitative estimate of drug-likeness (QED) is 0.432. The SMILES string of the molecule is CC[C@H](C)NC(=O)[C@H](CC)N(Cc1c(Cl)cccc1Cl)C(=O)CSCc1ccccc1. The van der Waals surface area contributed by atoms with Crippen LogP contribution in [0.25, 0.3) is 0 Å². The average Bonchev–Trinajstić information content (AvgIpc) is 2.76. The van der Waals surface area contributed by atoms with Gasteiger partial charge in [0.2, 0.25) is 11.8 Å². The van der Waals surface area contributed by atoms with E-state index in [1.807, 2.05) is 51.1 Å². The van der Waals surface area contributed by atoms with Gasteiger partial charge in [0.15, 0.2) is 0 Å². The molecular weight excluding hydrogens is 451 g/mol. The van der Waals surface area contributed by atoms with Crippen LogP contribution in [0.15, 0.2) is 48.5 Å². The van der Waals surface area contributed by atoms with Crippen LogP contribution < -0.4 is 5.32 Å². The summed E-state index contributed by atoms with van der Waals surface area (Å²) in [5.74, 6) is 0.734. The molecular formula is C24H30Cl2N2O2S. The Bertz CT molecular complexity index is 844. The molecule has 2 rings (SSSR count). The van der Waals surface area contributed by atoms with E-state index < -0.39 is 6.04 Å². The molecule has 0 radical (unpaired) electrons. The standard InChI is InChI=1S/C24H30Cl2N2O2S/c1-4-17(3)27-24(30)22(5-2)28(14-19-20(25)12-9-13-21(19)26)23(29)16-31-15-18-10-7-6-8-11-18/h6-13,17,22H,4-5,14-16H2,1-3H3,(H,27,30)/t17-,22-/m0/s1. The van der Waals surface area contributed by atoms with Crippen LogP contribution in [0.1, 0.15) is 44.7 Å². The molecule has 0 unspecified atom stereocenters. The highest BCUT2D eigenvalue weighted by atomic mass is 35.5. The molecule has 7 heteroatoms. The molecule has 0 bridgehead atoms. The third-order valence-corrected chi connectivity index (χ3v) is 6.81. The van der Waals surface area contributed by atoms with Gasteiger partial charge in [0.1, 0.15) is 6.04 Å². The molecule has 2 aromatic carbocycles. The molecule has 0 fully saturated rings. The molecule has 0 saturated heterocycles. The number of carbonyl (C=O) groups excluding carboxylic acids is 2. The summed E-state index contributed by atoms with van der Waals surface area (Å²) in [5.41, 5.74) is 1.81. The molecule has 0 aliphatic rings. The van der Waals surface area contributed by atoms with Crippen molar-refractivity contribution in [2.45, 2.75) is 58.0 Å². The molecule has 0 aromatic heterocycles. The zero-order chi connectivity index (χ0) is 22.8. The molecule has 2 amide bonds. The fourth-order valence-electron chi connectivity index (χ4n) is 3.13. The van der Waals surface area contributed by atoms with Crippen molar-refractivity contribution < 1.29 is 9.59 Å². The van der Waals surface area contributed by atoms with E-state index in [0.29, 0.717) is 22.0 Å². The van der Waals surface area contributed by atoms with Gasteiger partial charge in [0, 0.05) is 33.9 Å². The largest absolute Gasteiger partial charge is 0.352 e. The number of halogens is 2. The summed E-state index contributed by atoms with van der Waals surface area (Å²) in [5, 5.41) is 3.98. The number of rotatable bonds is 11. The Balaban J connectivity index is 2.20. The first-order chi connectivity index (χ1) is 14.9. The van der Waals surface area contributed by atoms with Crippen molar-refractivity contribution in [3.63, 3.8) is 0 Å². The van der Waals surface area contributed by atoms with Crippen molar-refractivity contribution in [2.24, 2.45) is 0 Å². The summed E-state index contributed by atoms with van der Waals surface area (Å²) in [6.45, 7) is 6.07. The van der Waals surface area contributed by atoms with Crippen LogP contribution in [0.3, 0.4) is 0 Å². The van der Waals surface area contributed by atoms with Crippen LogP contribution in [-0.2, 0) is 21.9 Å². The van der Waals surface area contributed by atoms with Crippen LogP contribution in [0.5, 0.6) is 0 Å². The lowest BCUT2D eigenvalue weighted by molar-refractivity contribution is -0.139. The van der Waals surface area contributed by atoms with Gasteiger partial charge in [-0.15, -0.1) is 11.8 Å². The second-order valence-electron chi connectivity index (χ2n) is 7.44. The molecule has 2 aromatic rings. The van der Waals surface area contributed by atoms with E-state index in [1.54, 1.807) is 23.1 Å². The van der Waals surface area contributed by atoms with Gasteiger partial charge in [0.25, 0.3) is 0 Å². The minimum absolute atomic E-state index is 0.0369. The fraction of sp³-hybridized carbons (Fsp3) is 0.417. The third-order valence-electron chi connectivity index (χ3n) is 5.11. The Morgan fingerprint density at radius 2 is 1.65 bits per heavy atom. The van der Waals surface area contributed by atoms with Crippen molar-refractivity contribution in [3.05, 3.63) is 69.7 Å². The van der Waals surface area contributed by atoms with Crippen LogP contribution in [-0.4, -0.2) is 34.6 Å². The molecule has 4 nitrogen and oxygen atoms in total. The Morgan fingerprint density at radius 1 is 1.00 bits per heavy atom. The van der Waals surface area contributed by atoms with Gasteiger partial charge in [-0.1, -0.05) is 73.4 Å². The monoisotopic (exact) mass is 480 g/mol. The van der Waals surface area contributed by atoms with E-state index in [1.165, 1.54) is 11.8 Å². The van der Waals surface area contributed by atoms with Crippen molar-refractivity contribution in [2.75, 3.05) is 5.75 Å². The topological polar surface area (TPSA) is 49.4 Å². The molecule has 1 N–H and O–H groups in total. The number of hydrogen-bond donors (Lipinski definition) is 1. The second kappa shape index (κ2) is 13.0. The summed E-state index contributed by atoms with van der Waals surface area (Å²) in [4.78, 5) is 27.8. The minimum Gasteiger partial charge on any atom is -0.352 e. The van der Waals surface area contributed by atoms with E-state index in [9.17, 15) is 9.59 Å². The van der Waals surface area contributed by atoms with Crippen molar-refractivity contribution in [1.29, 1.82) is 0 Å². The van der Waals surface area contributed by atoms with Gasteiger partial charge in [-0.25, -0.2) is 0 Å². The van der Waals surface area contributed by atoms with Gasteiger partial charge in [-0.3, -0.25) is 9.59 Å². The normalized spacial score (nSPS) is 12.8. The molecule has 0 saturated carbocycles. The van der Waals surface area contributed by atoms with Gasteiger partial charge in [0.05, 0.1) is 5.75 Å². The molecule has 168 valence electrons. The number of amides is 2. The maximum absolute atomic E-state index is 13.3. The summed E-state index contributed by atoms with van der Waals surface area (Å²) in [7, 11) is 0. The number of hydrogen-bond acceptors (Lipinski definition) is 3. The van der Waals surface area contributed by atoms with Gasteiger partial charge in [-0.2, -0.15) is 0 Å². The number of benzene rings is 2. The lowest BCUT2D eigenvalue weighted by Gasteiger charge is -2.32. The minimum atomic E-state index is -0.592. The molecule has 0 aliphatic carbocycles. The van der Waals surface area contributed by atoms with Crippen molar-refractivity contribution >= 4 is 46.8 Å². The first-order valence-corrected chi connectivity index (χ1v) is 12.4. The summed E-state index contributed by atoms with van der Waals surface area (Å²) >= 11 is 14.3. The molecule has 0 aliphatic heterocycles. The molecule has 2 atom stereocenters. The van der Waals surface area contributed by atoms with E-state index in [0.717, 1.165) is 17.7 Å². The summed E-state index contributed by atoms with van der Waals surface area (Å²) < 4.78 is 0. The Hall–Kier alpha value is -1.69. The highest BCUT2D eigenvalue weighted by molar-refractivity contribution is 7.99. The highest BCUT2D eigenvalue weighted by Crippen LogP contribution is 2.27. The predicted molar refractivity (Wildman–Crippen MR) is 132 cm³/mol. The van der Waals surface area contributed by atoms with Crippen LogP contribution in [0, 0.1) is 0 Å². The predicted octanol–water partition coefficient (Wildman–Crippen LogP) is 5.95. The van der Waals surface area contributed by atoms with E-state index in [2.05, 4.69) is 5.32 Å². The summed E-state index contributed by atoms with van der Waals surface area (Å²) in [6, 6.07) is 14.7. The van der Waals surface area contributed by atoms with E-state index in [4.69, 9.17) is 23.2 Å². The Labute approximate surface area is 199 Å². The number of thioether (sulfide) groups is 1. The van der Waals surface area contributed by atoms with Gasteiger partial charge < -0.3 is 10.2 Å². The fourth-order valence-corrected chi connectivity index (χ4v) is 4.52. The Morgan fingerprint density at radius 3 is 2.23 bits per heavy atom. The molecule has 0 spiro atoms. The van der Waals surface area contributed by atoms with E-state index in [-0.39, 0.29) is 30.2 Å². The zero-order valence-corrected chi connectivity index (χ0v) is 20.6. The smallest absolute Gasteiger partial charge is 0.243 e. The zero-order valence-electron chi connectivity index (χ0n) is 18.2. The molecule has 0 heterocycles. The number of nitrogens with one attached hydrogen (secondary N) is 1. The number of nitrogens with zero attached hydrogens (tertiary/aromatic N) is 1. The summed E-state index contributed by atoms with van der Waals surface area (Å²) in [6.07, 6.45) is 1.32. The van der Waals surface area contributed by atoms with Gasteiger partial charge in [-0.05, 0) is 37.5 Å². The molecule has 31 heavy (non-hydrogen) atoms. The van der Waals surface area contributed by atoms with Crippen molar-refractivity contribution in [3.8, 4) is 0 Å².